The summed E-state index contributed by atoms with van der Waals surface area (Å²) < 4.78 is 1.66. The molecule has 3 heterocycles. The predicted octanol–water partition coefficient (Wildman–Crippen LogP) is -1.17. The number of aryl methyl sites for hydroxylation is 1. The molecule has 2 aromatic heterocycles. The number of nitrogens with two attached hydrogens (primary N) is 1. The van der Waals surface area contributed by atoms with E-state index in [-0.39, 0.29) is 17.4 Å². The molecular weight excluding hydrogens is 257 g/mol. The van der Waals surface area contributed by atoms with Crippen LogP contribution >= 0.6 is 0 Å². The zero-order valence-electron chi connectivity index (χ0n) is 11.3. The molecule has 1 amide bonds. The van der Waals surface area contributed by atoms with E-state index in [2.05, 4.69) is 10.1 Å². The van der Waals surface area contributed by atoms with Crippen LogP contribution in [0.4, 0.5) is 0 Å². The van der Waals surface area contributed by atoms with Gasteiger partial charge in [-0.1, -0.05) is 0 Å². The molecule has 0 unspecified atom stereocenters. The average molecular weight is 271 g/mol. The molecule has 1 aliphatic rings. The molecule has 0 radical (unpaired) electrons. The maximum atomic E-state index is 12.3. The Kier molecular flexibility index (Phi) is 2.67. The number of carbonyl (C=O) groups excluding carboxylic acids is 1. The van der Waals surface area contributed by atoms with Gasteiger partial charge in [-0.25, -0.2) is 0 Å². The Morgan fingerprint density at radius 2 is 2.25 bits per heavy atom. The van der Waals surface area contributed by atoms with E-state index >= 15 is 0 Å². The van der Waals surface area contributed by atoms with Gasteiger partial charge in [-0.15, -0.1) is 0 Å². The topological polar surface area (TPSA) is 96.7 Å². The van der Waals surface area contributed by atoms with E-state index in [4.69, 9.17) is 5.84 Å². The number of aromatic nitrogens is 2. The highest BCUT2D eigenvalue weighted by Crippen LogP contribution is 2.28. The second kappa shape index (κ2) is 4.26. The molecule has 0 saturated heterocycles. The SMILES string of the molecule is BN1CCn2c(c(O)c3nccc(C)c3/c2=N/N)C1=O. The lowest BCUT2D eigenvalue weighted by Crippen LogP contribution is -2.44. The van der Waals surface area contributed by atoms with E-state index in [1.807, 2.05) is 13.0 Å². The molecule has 0 spiro atoms. The molecule has 0 bridgehead atoms. The van der Waals surface area contributed by atoms with Crippen LogP contribution in [0.15, 0.2) is 17.4 Å². The van der Waals surface area contributed by atoms with Crippen molar-refractivity contribution < 1.29 is 9.90 Å². The fourth-order valence-corrected chi connectivity index (χ4v) is 2.60. The standard InChI is InChI=1S/C12H14BN5O2/c1-6-2-3-15-8-7(6)11(16-14)17-4-5-18(13)12(20)9(17)10(8)19/h2-3,19H,4-5,13-14H2,1H3/b16-11-. The third kappa shape index (κ3) is 1.51. The number of carbonyl (C=O) groups is 1. The summed E-state index contributed by atoms with van der Waals surface area (Å²) in [5, 5.41) is 14.9. The monoisotopic (exact) mass is 271 g/mol. The molecule has 2 aromatic rings. The predicted molar refractivity (Wildman–Crippen MR) is 75.5 cm³/mol. The number of aromatic hydroxyl groups is 1. The summed E-state index contributed by atoms with van der Waals surface area (Å²) in [6, 6.07) is 1.82. The van der Waals surface area contributed by atoms with Crippen molar-refractivity contribution in [3.8, 4) is 5.75 Å². The van der Waals surface area contributed by atoms with Crippen molar-refractivity contribution >= 4 is 24.8 Å². The fraction of sp³-hybridized carbons (Fsp3) is 0.250. The maximum absolute atomic E-state index is 12.3. The van der Waals surface area contributed by atoms with Crippen LogP contribution in [0.1, 0.15) is 16.1 Å². The second-order valence-corrected chi connectivity index (χ2v) is 4.88. The van der Waals surface area contributed by atoms with Crippen LogP contribution in [-0.4, -0.2) is 39.9 Å². The zero-order valence-corrected chi connectivity index (χ0v) is 11.3. The van der Waals surface area contributed by atoms with Crippen molar-refractivity contribution in [2.75, 3.05) is 6.54 Å². The van der Waals surface area contributed by atoms with Gasteiger partial charge >= 0.3 is 0 Å². The molecule has 20 heavy (non-hydrogen) atoms. The number of hydrogen-bond donors (Lipinski definition) is 2. The van der Waals surface area contributed by atoms with Crippen LogP contribution in [0.3, 0.4) is 0 Å². The lowest BCUT2D eigenvalue weighted by molar-refractivity contribution is 0.0818. The minimum absolute atomic E-state index is 0.118. The lowest BCUT2D eigenvalue weighted by Gasteiger charge is -2.28. The van der Waals surface area contributed by atoms with Gasteiger partial charge in [-0.3, -0.25) is 9.78 Å². The second-order valence-electron chi connectivity index (χ2n) is 4.88. The summed E-state index contributed by atoms with van der Waals surface area (Å²) in [5.41, 5.74) is 1.91. The molecular formula is C12H14BN5O2. The molecule has 8 heteroatoms. The van der Waals surface area contributed by atoms with E-state index in [9.17, 15) is 9.90 Å². The van der Waals surface area contributed by atoms with E-state index in [0.717, 1.165) is 5.56 Å². The van der Waals surface area contributed by atoms with Gasteiger partial charge in [0.05, 0.1) is 5.39 Å². The van der Waals surface area contributed by atoms with Crippen LogP contribution in [-0.2, 0) is 6.54 Å². The number of pyridine rings is 2. The summed E-state index contributed by atoms with van der Waals surface area (Å²) >= 11 is 0. The summed E-state index contributed by atoms with van der Waals surface area (Å²) in [4.78, 5) is 18.0. The number of amides is 1. The van der Waals surface area contributed by atoms with Crippen LogP contribution in [0.2, 0.25) is 0 Å². The minimum atomic E-state index is -0.260. The van der Waals surface area contributed by atoms with Gasteiger partial charge in [0.15, 0.2) is 16.9 Å². The Balaban J connectivity index is 2.56. The van der Waals surface area contributed by atoms with Crippen LogP contribution in [0.25, 0.3) is 10.9 Å². The van der Waals surface area contributed by atoms with Gasteiger partial charge in [0.25, 0.3) is 5.91 Å². The molecule has 7 nitrogen and oxygen atoms in total. The highest BCUT2D eigenvalue weighted by atomic mass is 16.3. The minimum Gasteiger partial charge on any atom is -0.504 e. The van der Waals surface area contributed by atoms with Crippen molar-refractivity contribution in [2.45, 2.75) is 13.5 Å². The molecule has 102 valence electrons. The number of fused-ring (bicyclic) bond motifs is 2. The number of rotatable bonds is 0. The molecule has 1 aliphatic heterocycles. The van der Waals surface area contributed by atoms with Crippen LogP contribution in [0, 0.1) is 6.92 Å². The van der Waals surface area contributed by atoms with E-state index in [0.29, 0.717) is 29.5 Å². The summed E-state index contributed by atoms with van der Waals surface area (Å²) in [6.45, 7) is 2.97. The fourth-order valence-electron chi connectivity index (χ4n) is 2.60. The first-order valence-electron chi connectivity index (χ1n) is 6.26. The molecule has 0 aromatic carbocycles. The number of hydrogen-bond acceptors (Lipinski definition) is 5. The van der Waals surface area contributed by atoms with Gasteiger partial charge in [0, 0.05) is 19.3 Å². The Bertz CT molecular complexity index is 799. The highest BCUT2D eigenvalue weighted by molar-refractivity contribution is 6.19. The zero-order chi connectivity index (χ0) is 14.4. The molecule has 0 atom stereocenters. The first kappa shape index (κ1) is 12.5. The van der Waals surface area contributed by atoms with Gasteiger partial charge in [-0.2, -0.15) is 5.10 Å². The number of nitrogens with zero attached hydrogens (tertiary/aromatic N) is 4. The average Bonchev–Trinajstić information content (AvgIpc) is 2.44. The first-order valence-corrected chi connectivity index (χ1v) is 6.26. The normalized spacial score (nSPS) is 15.8. The van der Waals surface area contributed by atoms with E-state index in [1.54, 1.807) is 23.6 Å². The quantitative estimate of drug-likeness (QED) is 0.358. The van der Waals surface area contributed by atoms with Crippen molar-refractivity contribution in [2.24, 2.45) is 10.9 Å². The van der Waals surface area contributed by atoms with Crippen molar-refractivity contribution in [1.29, 1.82) is 0 Å². The smallest absolute Gasteiger partial charge is 0.262 e. The summed E-state index contributed by atoms with van der Waals surface area (Å²) in [5.74, 6) is 5.13. The Morgan fingerprint density at radius 3 is 2.95 bits per heavy atom. The third-order valence-electron chi connectivity index (χ3n) is 3.69. The molecule has 3 rings (SSSR count). The Labute approximate surface area is 115 Å². The van der Waals surface area contributed by atoms with Gasteiger partial charge in [0.2, 0.25) is 7.98 Å². The van der Waals surface area contributed by atoms with Crippen molar-refractivity contribution in [3.63, 3.8) is 0 Å². The van der Waals surface area contributed by atoms with Gasteiger partial charge in [-0.05, 0) is 18.6 Å². The van der Waals surface area contributed by atoms with Crippen LogP contribution in [0.5, 0.6) is 5.75 Å². The Morgan fingerprint density at radius 1 is 1.50 bits per heavy atom. The third-order valence-corrected chi connectivity index (χ3v) is 3.69. The molecule has 0 fully saturated rings. The molecule has 3 N–H and O–H groups in total. The Hall–Kier alpha value is -2.51. The maximum Gasteiger partial charge on any atom is 0.262 e. The first-order chi connectivity index (χ1) is 9.56. The summed E-state index contributed by atoms with van der Waals surface area (Å²) in [7, 11) is 1.69. The summed E-state index contributed by atoms with van der Waals surface area (Å²) in [6.07, 6.45) is 1.59. The molecule has 0 aliphatic carbocycles. The largest absolute Gasteiger partial charge is 0.504 e. The van der Waals surface area contributed by atoms with Crippen molar-refractivity contribution in [3.05, 3.63) is 29.0 Å². The van der Waals surface area contributed by atoms with E-state index in [1.165, 1.54) is 0 Å². The van der Waals surface area contributed by atoms with Crippen molar-refractivity contribution in [1.82, 2.24) is 14.4 Å². The molecule has 0 saturated carbocycles. The highest BCUT2D eigenvalue weighted by Gasteiger charge is 2.28. The van der Waals surface area contributed by atoms with Gasteiger partial charge < -0.3 is 20.3 Å². The van der Waals surface area contributed by atoms with E-state index < -0.39 is 0 Å². The van der Waals surface area contributed by atoms with Gasteiger partial charge in [0.1, 0.15) is 5.52 Å². The lowest BCUT2D eigenvalue weighted by atomic mass is 10.1. The van der Waals surface area contributed by atoms with Crippen LogP contribution < -0.4 is 11.3 Å².